The average molecular weight is 369 g/mol. The topological polar surface area (TPSA) is 60.9 Å². The van der Waals surface area contributed by atoms with E-state index in [9.17, 15) is 26.7 Å². The number of hydrogen-bond acceptors (Lipinski definition) is 3. The Labute approximate surface area is 143 Å². The van der Waals surface area contributed by atoms with Gasteiger partial charge in [0.15, 0.2) is 0 Å². The van der Waals surface area contributed by atoms with Crippen LogP contribution in [-0.4, -0.2) is 9.55 Å². The molecule has 136 valence electrons. The van der Waals surface area contributed by atoms with Crippen molar-refractivity contribution < 1.29 is 22.0 Å². The molecule has 2 N–H and O–H groups in total. The summed E-state index contributed by atoms with van der Waals surface area (Å²) in [6.45, 7) is 1.40. The van der Waals surface area contributed by atoms with Crippen LogP contribution in [-0.2, 0) is 6.18 Å². The number of alkyl halides is 3. The molecule has 9 heteroatoms. The van der Waals surface area contributed by atoms with Gasteiger partial charge >= 0.3 is 6.18 Å². The summed E-state index contributed by atoms with van der Waals surface area (Å²) in [5, 5.41) is -0.339. The molecule has 1 aromatic heterocycles. The van der Waals surface area contributed by atoms with Gasteiger partial charge < -0.3 is 5.73 Å². The highest BCUT2D eigenvalue weighted by Crippen LogP contribution is 2.33. The maximum absolute atomic E-state index is 13.6. The van der Waals surface area contributed by atoms with Gasteiger partial charge in [-0.15, -0.1) is 0 Å². The van der Waals surface area contributed by atoms with Crippen molar-refractivity contribution in [3.63, 3.8) is 0 Å². The Morgan fingerprint density at radius 2 is 1.73 bits per heavy atom. The van der Waals surface area contributed by atoms with Crippen LogP contribution in [0.4, 0.5) is 22.0 Å². The zero-order chi connectivity index (χ0) is 19.2. The fraction of sp³-hybridized carbons (Fsp3) is 0.176. The Balaban J connectivity index is 2.46. The van der Waals surface area contributed by atoms with Gasteiger partial charge in [0.2, 0.25) is 0 Å². The third kappa shape index (κ3) is 3.05. The van der Waals surface area contributed by atoms with E-state index in [-0.39, 0.29) is 16.9 Å². The van der Waals surface area contributed by atoms with Crippen molar-refractivity contribution in [1.82, 2.24) is 9.55 Å². The quantitative estimate of drug-likeness (QED) is 0.701. The first-order valence-electron chi connectivity index (χ1n) is 7.44. The first kappa shape index (κ1) is 18.0. The molecule has 0 aliphatic heterocycles. The Kier molecular flexibility index (Phi) is 4.27. The van der Waals surface area contributed by atoms with Crippen LogP contribution < -0.4 is 11.3 Å². The lowest BCUT2D eigenvalue weighted by Crippen LogP contribution is -2.28. The van der Waals surface area contributed by atoms with E-state index in [4.69, 9.17) is 5.73 Å². The molecule has 1 atom stereocenters. The zero-order valence-electron chi connectivity index (χ0n) is 13.3. The number of halogens is 5. The summed E-state index contributed by atoms with van der Waals surface area (Å²) in [5.74, 6) is -2.15. The Hall–Kier alpha value is -2.81. The number of rotatable bonds is 2. The standard InChI is InChI=1S/C17H12F5N3O/c1-8(23)15-24-14-12(3-2-4-13(14)17(20,21)22)16(26)25(15)11-6-9(18)5-10(19)7-11/h2-8H,23H2,1H3/t8-/m0/s1. The third-order valence-electron chi connectivity index (χ3n) is 3.74. The van der Waals surface area contributed by atoms with Gasteiger partial charge in [-0.1, -0.05) is 6.07 Å². The Morgan fingerprint density at radius 3 is 2.27 bits per heavy atom. The largest absolute Gasteiger partial charge is 0.418 e. The summed E-state index contributed by atoms with van der Waals surface area (Å²) < 4.78 is 67.6. The molecule has 3 rings (SSSR count). The summed E-state index contributed by atoms with van der Waals surface area (Å²) in [5.41, 5.74) is 2.98. The van der Waals surface area contributed by atoms with E-state index < -0.39 is 40.5 Å². The number of fused-ring (bicyclic) bond motifs is 1. The predicted molar refractivity (Wildman–Crippen MR) is 84.9 cm³/mol. The van der Waals surface area contributed by atoms with Gasteiger partial charge in [0.1, 0.15) is 17.5 Å². The van der Waals surface area contributed by atoms with Gasteiger partial charge in [-0.2, -0.15) is 13.2 Å². The van der Waals surface area contributed by atoms with E-state index in [0.29, 0.717) is 6.07 Å². The van der Waals surface area contributed by atoms with Crippen molar-refractivity contribution in [1.29, 1.82) is 0 Å². The number of nitrogens with zero attached hydrogens (tertiary/aromatic N) is 2. The van der Waals surface area contributed by atoms with Crippen molar-refractivity contribution in [3.05, 3.63) is 69.8 Å². The fourth-order valence-corrected chi connectivity index (χ4v) is 2.68. The van der Waals surface area contributed by atoms with Crippen molar-refractivity contribution >= 4 is 10.9 Å². The summed E-state index contributed by atoms with van der Waals surface area (Å²) >= 11 is 0. The molecular formula is C17H12F5N3O. The minimum absolute atomic E-state index is 0.216. The highest BCUT2D eigenvalue weighted by atomic mass is 19.4. The first-order valence-corrected chi connectivity index (χ1v) is 7.44. The van der Waals surface area contributed by atoms with E-state index in [0.717, 1.165) is 34.9 Å². The lowest BCUT2D eigenvalue weighted by molar-refractivity contribution is -0.136. The second kappa shape index (κ2) is 6.17. The van der Waals surface area contributed by atoms with Crippen molar-refractivity contribution in [2.45, 2.75) is 19.1 Å². The zero-order valence-corrected chi connectivity index (χ0v) is 13.3. The highest BCUT2D eigenvalue weighted by Gasteiger charge is 2.34. The number of para-hydroxylation sites is 1. The molecule has 1 heterocycles. The first-order chi connectivity index (χ1) is 12.1. The lowest BCUT2D eigenvalue weighted by atomic mass is 10.1. The maximum Gasteiger partial charge on any atom is 0.418 e. The molecule has 0 unspecified atom stereocenters. The monoisotopic (exact) mass is 369 g/mol. The Morgan fingerprint density at radius 1 is 1.12 bits per heavy atom. The van der Waals surface area contributed by atoms with Gasteiger partial charge in [0.25, 0.3) is 5.56 Å². The molecule has 0 amide bonds. The van der Waals surface area contributed by atoms with Crippen LogP contribution >= 0.6 is 0 Å². The minimum atomic E-state index is -4.73. The van der Waals surface area contributed by atoms with Crippen LogP contribution in [0, 0.1) is 11.6 Å². The molecule has 4 nitrogen and oxygen atoms in total. The number of benzene rings is 2. The molecule has 0 radical (unpaired) electrons. The van der Waals surface area contributed by atoms with Crippen LogP contribution in [0.5, 0.6) is 0 Å². The van der Waals surface area contributed by atoms with Gasteiger partial charge in [-0.05, 0) is 31.2 Å². The molecule has 0 aliphatic carbocycles. The normalized spacial score (nSPS) is 13.2. The molecule has 2 aromatic carbocycles. The molecule has 26 heavy (non-hydrogen) atoms. The molecule has 0 saturated heterocycles. The van der Waals surface area contributed by atoms with E-state index in [1.807, 2.05) is 0 Å². The van der Waals surface area contributed by atoms with Crippen molar-refractivity contribution in [2.75, 3.05) is 0 Å². The number of nitrogens with two attached hydrogens (primary N) is 1. The van der Waals surface area contributed by atoms with E-state index in [1.54, 1.807) is 0 Å². The van der Waals surface area contributed by atoms with E-state index in [2.05, 4.69) is 4.98 Å². The van der Waals surface area contributed by atoms with Gasteiger partial charge in [-0.3, -0.25) is 9.36 Å². The molecule has 0 aliphatic rings. The summed E-state index contributed by atoms with van der Waals surface area (Å²) in [6.07, 6.45) is -4.73. The highest BCUT2D eigenvalue weighted by molar-refractivity contribution is 5.82. The van der Waals surface area contributed by atoms with Crippen LogP contribution in [0.15, 0.2) is 41.2 Å². The average Bonchev–Trinajstić information content (AvgIpc) is 2.52. The summed E-state index contributed by atoms with van der Waals surface area (Å²) in [7, 11) is 0. The van der Waals surface area contributed by atoms with Crippen LogP contribution in [0.1, 0.15) is 24.4 Å². The molecule has 0 bridgehead atoms. The van der Waals surface area contributed by atoms with Crippen LogP contribution in [0.25, 0.3) is 16.6 Å². The van der Waals surface area contributed by atoms with Crippen LogP contribution in [0.2, 0.25) is 0 Å². The maximum atomic E-state index is 13.6. The van der Waals surface area contributed by atoms with Gasteiger partial charge in [0.05, 0.1) is 28.2 Å². The number of aromatic nitrogens is 2. The van der Waals surface area contributed by atoms with Crippen molar-refractivity contribution in [2.24, 2.45) is 5.73 Å². The third-order valence-corrected chi connectivity index (χ3v) is 3.74. The molecule has 0 spiro atoms. The Bertz CT molecular complexity index is 1040. The predicted octanol–water partition coefficient (Wildman–Crippen LogP) is 3.70. The molecular weight excluding hydrogens is 357 g/mol. The molecule has 3 aromatic rings. The SMILES string of the molecule is C[C@H](N)c1nc2c(C(F)(F)F)cccc2c(=O)n1-c1cc(F)cc(F)c1. The molecule has 0 fully saturated rings. The fourth-order valence-electron chi connectivity index (χ4n) is 2.68. The lowest BCUT2D eigenvalue weighted by Gasteiger charge is -2.18. The van der Waals surface area contributed by atoms with Gasteiger partial charge in [-0.25, -0.2) is 13.8 Å². The van der Waals surface area contributed by atoms with Gasteiger partial charge in [0, 0.05) is 6.07 Å². The smallest absolute Gasteiger partial charge is 0.322 e. The number of hydrogen-bond donors (Lipinski definition) is 1. The van der Waals surface area contributed by atoms with Crippen molar-refractivity contribution in [3.8, 4) is 5.69 Å². The van der Waals surface area contributed by atoms with E-state index in [1.165, 1.54) is 6.92 Å². The second-order valence-electron chi connectivity index (χ2n) is 5.73. The summed E-state index contributed by atoms with van der Waals surface area (Å²) in [6, 6.07) is 4.41. The molecule has 0 saturated carbocycles. The second-order valence-corrected chi connectivity index (χ2v) is 5.73. The van der Waals surface area contributed by atoms with Crippen LogP contribution in [0.3, 0.4) is 0 Å². The minimum Gasteiger partial charge on any atom is -0.322 e. The summed E-state index contributed by atoms with van der Waals surface area (Å²) in [4.78, 5) is 16.7. The van der Waals surface area contributed by atoms with E-state index >= 15 is 0 Å².